The second kappa shape index (κ2) is 12.0. The van der Waals surface area contributed by atoms with Gasteiger partial charge in [-0.15, -0.1) is 0 Å². The number of aromatic amines is 1. The number of aromatic nitrogens is 2. The number of carbonyl (C=O) groups excluding carboxylic acids is 2. The van der Waals surface area contributed by atoms with Crippen molar-refractivity contribution in [1.82, 2.24) is 20.2 Å². The van der Waals surface area contributed by atoms with Crippen molar-refractivity contribution in [1.29, 1.82) is 0 Å². The van der Waals surface area contributed by atoms with E-state index in [9.17, 15) is 9.59 Å². The first-order valence-electron chi connectivity index (χ1n) is 12.5. The minimum Gasteiger partial charge on any atom is -0.485 e. The summed E-state index contributed by atoms with van der Waals surface area (Å²) in [4.78, 5) is 35.1. The monoisotopic (exact) mass is 616 g/mol. The number of alkyl carbamates (subject to hydrolysis) is 1. The molecule has 1 fully saturated rings. The Morgan fingerprint density at radius 2 is 1.92 bits per heavy atom. The number of hydrogen-bond acceptors (Lipinski definition) is 5. The maximum atomic E-state index is 13.4. The lowest BCUT2D eigenvalue weighted by Gasteiger charge is -2.30. The van der Waals surface area contributed by atoms with E-state index in [0.29, 0.717) is 6.54 Å². The number of rotatable bonds is 8. The molecule has 1 aliphatic heterocycles. The summed E-state index contributed by atoms with van der Waals surface area (Å²) in [7, 11) is 1.30. The molecule has 0 spiro atoms. The van der Waals surface area contributed by atoms with Crippen LogP contribution in [-0.4, -0.2) is 46.6 Å². The fourth-order valence-corrected chi connectivity index (χ4v) is 5.05. The van der Waals surface area contributed by atoms with E-state index >= 15 is 0 Å². The van der Waals surface area contributed by atoms with Crippen LogP contribution in [-0.2, 0) is 9.53 Å². The average Bonchev–Trinajstić information content (AvgIpc) is 3.58. The van der Waals surface area contributed by atoms with Crippen molar-refractivity contribution < 1.29 is 19.1 Å². The van der Waals surface area contributed by atoms with E-state index in [1.54, 1.807) is 6.20 Å². The van der Waals surface area contributed by atoms with Gasteiger partial charge in [0.2, 0.25) is 5.91 Å². The Kier molecular flexibility index (Phi) is 8.73. The van der Waals surface area contributed by atoms with Gasteiger partial charge in [0.15, 0.2) is 0 Å². The molecule has 4 rings (SSSR count). The van der Waals surface area contributed by atoms with Crippen LogP contribution >= 0.6 is 22.6 Å². The largest absolute Gasteiger partial charge is 0.485 e. The predicted octanol–water partition coefficient (Wildman–Crippen LogP) is 5.87. The number of nitrogens with zero attached hydrogens (tertiary/aromatic N) is 2. The minimum atomic E-state index is -0.662. The Hall–Kier alpha value is -3.08. The molecule has 0 unspecified atom stereocenters. The number of likely N-dealkylation sites (tertiary alicyclic amines) is 1. The summed E-state index contributed by atoms with van der Waals surface area (Å²) in [6.07, 6.45) is 2.77. The Bertz CT molecular complexity index is 1230. The van der Waals surface area contributed by atoms with Gasteiger partial charge < -0.3 is 24.7 Å². The second-order valence-corrected chi connectivity index (χ2v) is 10.7. The summed E-state index contributed by atoms with van der Waals surface area (Å²) < 4.78 is 12.0. The van der Waals surface area contributed by atoms with Gasteiger partial charge in [-0.2, -0.15) is 0 Å². The third-order valence-corrected chi connectivity index (χ3v) is 7.54. The van der Waals surface area contributed by atoms with Gasteiger partial charge in [0.1, 0.15) is 23.7 Å². The van der Waals surface area contributed by atoms with Gasteiger partial charge in [0, 0.05) is 12.1 Å². The molecule has 1 aromatic heterocycles. The molecule has 2 N–H and O–H groups in total. The highest BCUT2D eigenvalue weighted by atomic mass is 127. The van der Waals surface area contributed by atoms with Crippen molar-refractivity contribution >= 4 is 34.6 Å². The first-order valence-corrected chi connectivity index (χ1v) is 13.6. The van der Waals surface area contributed by atoms with Gasteiger partial charge in [-0.3, -0.25) is 4.79 Å². The fraction of sp³-hybridized carbons (Fsp3) is 0.393. The fourth-order valence-electron chi connectivity index (χ4n) is 4.59. The Morgan fingerprint density at radius 3 is 2.62 bits per heavy atom. The maximum Gasteiger partial charge on any atom is 0.407 e. The van der Waals surface area contributed by atoms with E-state index in [4.69, 9.17) is 9.47 Å². The number of halogens is 1. The topological polar surface area (TPSA) is 96.6 Å². The quantitative estimate of drug-likeness (QED) is 0.309. The molecule has 2 aromatic carbocycles. The van der Waals surface area contributed by atoms with Crippen LogP contribution in [0.4, 0.5) is 4.79 Å². The first kappa shape index (κ1) is 27.0. The van der Waals surface area contributed by atoms with E-state index in [2.05, 4.69) is 50.0 Å². The number of benzene rings is 2. The van der Waals surface area contributed by atoms with E-state index in [1.807, 2.05) is 62.1 Å². The number of carbonyl (C=O) groups is 2. The zero-order chi connectivity index (χ0) is 26.5. The number of hydrogen-bond donors (Lipinski definition) is 2. The number of nitrogens with one attached hydrogen (secondary N) is 2. The number of imidazole rings is 1. The van der Waals surface area contributed by atoms with Gasteiger partial charge in [-0.1, -0.05) is 50.2 Å². The van der Waals surface area contributed by atoms with Crippen LogP contribution in [0, 0.1) is 9.49 Å². The molecular weight excluding hydrogens is 583 g/mol. The van der Waals surface area contributed by atoms with Crippen LogP contribution in [0.25, 0.3) is 11.3 Å². The number of methoxy groups -OCH3 is 1. The highest BCUT2D eigenvalue weighted by Crippen LogP contribution is 2.34. The van der Waals surface area contributed by atoms with Crippen LogP contribution < -0.4 is 10.1 Å². The summed E-state index contributed by atoms with van der Waals surface area (Å²) in [5.41, 5.74) is 2.92. The molecule has 1 saturated heterocycles. The second-order valence-electron chi connectivity index (χ2n) is 9.55. The normalized spacial score (nSPS) is 16.9. The third kappa shape index (κ3) is 6.26. The van der Waals surface area contributed by atoms with Crippen LogP contribution in [0.5, 0.6) is 5.75 Å². The van der Waals surface area contributed by atoms with Crippen molar-refractivity contribution in [2.24, 2.45) is 5.92 Å². The molecule has 0 saturated carbocycles. The van der Waals surface area contributed by atoms with E-state index in [0.717, 1.165) is 44.8 Å². The highest BCUT2D eigenvalue weighted by molar-refractivity contribution is 14.1. The molecule has 3 aromatic rings. The number of H-pyrrole nitrogens is 1. The number of ether oxygens (including phenoxy) is 2. The molecule has 9 heteroatoms. The van der Waals surface area contributed by atoms with Crippen molar-refractivity contribution in [3.05, 3.63) is 69.7 Å². The van der Waals surface area contributed by atoms with Gasteiger partial charge in [0.05, 0.1) is 28.6 Å². The Morgan fingerprint density at radius 1 is 1.16 bits per heavy atom. The molecule has 196 valence electrons. The summed E-state index contributed by atoms with van der Waals surface area (Å²) in [6.45, 7) is 6.47. The highest BCUT2D eigenvalue weighted by Gasteiger charge is 2.37. The van der Waals surface area contributed by atoms with Gasteiger partial charge in [-0.05, 0) is 66.0 Å². The van der Waals surface area contributed by atoms with Crippen molar-refractivity contribution in [2.75, 3.05) is 13.7 Å². The predicted molar refractivity (Wildman–Crippen MR) is 150 cm³/mol. The smallest absolute Gasteiger partial charge is 0.407 e. The molecule has 0 aliphatic carbocycles. The lowest BCUT2D eigenvalue weighted by molar-refractivity contribution is -0.135. The lowest BCUT2D eigenvalue weighted by Crippen LogP contribution is -2.51. The minimum absolute atomic E-state index is 0.0801. The van der Waals surface area contributed by atoms with Crippen molar-refractivity contribution in [3.63, 3.8) is 0 Å². The van der Waals surface area contributed by atoms with Gasteiger partial charge >= 0.3 is 6.09 Å². The van der Waals surface area contributed by atoms with E-state index < -0.39 is 12.1 Å². The van der Waals surface area contributed by atoms with Crippen LogP contribution in [0.2, 0.25) is 0 Å². The van der Waals surface area contributed by atoms with Crippen molar-refractivity contribution in [2.45, 2.75) is 51.8 Å². The average molecular weight is 616 g/mol. The first-order chi connectivity index (χ1) is 17.8. The third-order valence-electron chi connectivity index (χ3n) is 6.65. The Balaban J connectivity index is 1.53. The molecule has 0 radical (unpaired) electrons. The number of amides is 2. The van der Waals surface area contributed by atoms with E-state index in [-0.39, 0.29) is 24.0 Å². The molecule has 2 amide bonds. The molecule has 8 nitrogen and oxygen atoms in total. The zero-order valence-electron chi connectivity index (χ0n) is 21.5. The Labute approximate surface area is 231 Å². The lowest BCUT2D eigenvalue weighted by atomic mass is 10.0. The molecule has 3 atom stereocenters. The van der Waals surface area contributed by atoms with Crippen LogP contribution in [0.15, 0.2) is 54.7 Å². The zero-order valence-corrected chi connectivity index (χ0v) is 23.7. The molecule has 0 bridgehead atoms. The van der Waals surface area contributed by atoms with Gasteiger partial charge in [0.25, 0.3) is 0 Å². The van der Waals surface area contributed by atoms with E-state index in [1.165, 1.54) is 7.11 Å². The SMILES string of the molecule is COC(=O)N[C@H](C(=O)N1CCC[C@H]1c1ncc(-c2ccc(I)c(O[C@@H](C)c3ccccc3)c2)[nH]1)C(C)C. The van der Waals surface area contributed by atoms with Crippen molar-refractivity contribution in [3.8, 4) is 17.0 Å². The van der Waals surface area contributed by atoms with Crippen LogP contribution in [0.3, 0.4) is 0 Å². The standard InChI is InChI=1S/C28H33IN4O4/c1-17(2)25(32-28(35)36-4)27(34)33-14-8-11-23(33)26-30-16-22(31-26)20-12-13-21(29)24(15-20)37-18(3)19-9-6-5-7-10-19/h5-7,9-10,12-13,15-18,23,25H,8,11,14H2,1-4H3,(H,30,31)(H,32,35)/t18-,23-,25-/m0/s1. The summed E-state index contributed by atoms with van der Waals surface area (Å²) in [6, 6.07) is 15.4. The van der Waals surface area contributed by atoms with Crippen LogP contribution in [0.1, 0.15) is 57.1 Å². The molecule has 2 heterocycles. The van der Waals surface area contributed by atoms with Gasteiger partial charge in [-0.25, -0.2) is 9.78 Å². The molecular formula is C28H33IN4O4. The summed E-state index contributed by atoms with van der Waals surface area (Å²) >= 11 is 2.28. The summed E-state index contributed by atoms with van der Waals surface area (Å²) in [5, 5.41) is 2.69. The molecule has 1 aliphatic rings. The summed E-state index contributed by atoms with van der Waals surface area (Å²) in [5.74, 6) is 1.33. The maximum absolute atomic E-state index is 13.4. The molecule has 37 heavy (non-hydrogen) atoms.